The molecule has 1 aliphatic rings. The van der Waals surface area contributed by atoms with Crippen LogP contribution in [-0.2, 0) is 13.0 Å². The van der Waals surface area contributed by atoms with Crippen molar-refractivity contribution in [3.8, 4) is 5.75 Å². The Morgan fingerprint density at radius 2 is 1.59 bits per heavy atom. The Morgan fingerprint density at radius 3 is 2.20 bits per heavy atom. The topological polar surface area (TPSA) is 50.6 Å². The first kappa shape index (κ1) is 32.9. The highest BCUT2D eigenvalue weighted by molar-refractivity contribution is 5.97. The van der Waals surface area contributed by atoms with E-state index >= 15 is 0 Å². The molecule has 6 nitrogen and oxygen atoms in total. The monoisotopic (exact) mass is 582 g/mol. The Bertz CT molecular complexity index is 1200. The molecule has 0 aliphatic carbocycles. The number of hydrogen-bond acceptors (Lipinski definition) is 4. The summed E-state index contributed by atoms with van der Waals surface area (Å²) in [7, 11) is 1.70. The van der Waals surface area contributed by atoms with Gasteiger partial charge in [0.05, 0.1) is 18.1 Å². The van der Waals surface area contributed by atoms with Gasteiger partial charge in [0.15, 0.2) is 0 Å². The first-order valence-corrected chi connectivity index (χ1v) is 15.5. The van der Waals surface area contributed by atoms with Crippen molar-refractivity contribution in [2.45, 2.75) is 79.2 Å². The number of benzene rings is 2. The molecule has 0 bridgehead atoms. The summed E-state index contributed by atoms with van der Waals surface area (Å²) < 4.78 is 7.72. The third kappa shape index (κ3) is 9.47. The van der Waals surface area contributed by atoms with Crippen LogP contribution in [0.1, 0.15) is 88.0 Å². The average Bonchev–Trinajstić information content (AvgIpc) is 3.29. The highest BCUT2D eigenvalue weighted by atomic mass is 35.5. The maximum absolute atomic E-state index is 13.8. The predicted molar refractivity (Wildman–Crippen MR) is 173 cm³/mol. The van der Waals surface area contributed by atoms with Crippen LogP contribution in [0.15, 0.2) is 42.5 Å². The van der Waals surface area contributed by atoms with Crippen molar-refractivity contribution in [1.82, 2.24) is 19.4 Å². The van der Waals surface area contributed by atoms with Crippen LogP contribution in [0.3, 0.4) is 0 Å². The molecule has 226 valence electrons. The summed E-state index contributed by atoms with van der Waals surface area (Å²) in [5, 5.41) is 0. The van der Waals surface area contributed by atoms with E-state index in [0.29, 0.717) is 11.8 Å². The number of amides is 1. The standard InChI is InChI=1S/C34H50N4O2.ClH/c1-26(2)16-22-37(23-17-27(3)4)34(39)29-12-15-31-32(25-29)38(21-9-20-36-18-7-6-8-19-36)33(35-31)24-28-10-13-30(40-5)14-11-28;/h10-15,25-27H,6-9,16-24H2,1-5H3;1H. The first-order valence-electron chi connectivity index (χ1n) is 15.5. The van der Waals surface area contributed by atoms with Crippen LogP contribution in [0, 0.1) is 11.8 Å². The van der Waals surface area contributed by atoms with E-state index < -0.39 is 0 Å². The number of imidazole rings is 1. The number of carbonyl (C=O) groups is 1. The van der Waals surface area contributed by atoms with Gasteiger partial charge in [-0.3, -0.25) is 4.79 Å². The SMILES string of the molecule is COc1ccc(Cc2nc3ccc(C(=O)N(CCC(C)C)CCC(C)C)cc3n2CCCN2CCCCC2)cc1.Cl. The zero-order chi connectivity index (χ0) is 28.5. The number of piperidine rings is 1. The van der Waals surface area contributed by atoms with E-state index in [2.05, 4.69) is 60.3 Å². The fraction of sp³-hybridized carbons (Fsp3) is 0.588. The summed E-state index contributed by atoms with van der Waals surface area (Å²) in [6, 6.07) is 14.4. The van der Waals surface area contributed by atoms with Gasteiger partial charge < -0.3 is 19.1 Å². The second-order valence-corrected chi connectivity index (χ2v) is 12.3. The van der Waals surface area contributed by atoms with Crippen molar-refractivity contribution in [1.29, 1.82) is 0 Å². The highest BCUT2D eigenvalue weighted by Crippen LogP contribution is 2.23. The van der Waals surface area contributed by atoms with Gasteiger partial charge in [-0.25, -0.2) is 4.98 Å². The zero-order valence-corrected chi connectivity index (χ0v) is 26.7. The molecule has 2 heterocycles. The Hall–Kier alpha value is -2.57. The zero-order valence-electron chi connectivity index (χ0n) is 25.9. The number of fused-ring (bicyclic) bond motifs is 1. The maximum Gasteiger partial charge on any atom is 0.253 e. The summed E-state index contributed by atoms with van der Waals surface area (Å²) in [6.07, 6.45) is 7.85. The maximum atomic E-state index is 13.8. The molecular weight excluding hydrogens is 532 g/mol. The van der Waals surface area contributed by atoms with E-state index in [0.717, 1.165) is 80.0 Å². The lowest BCUT2D eigenvalue weighted by molar-refractivity contribution is 0.0741. The summed E-state index contributed by atoms with van der Waals surface area (Å²) >= 11 is 0. The number of methoxy groups -OCH3 is 1. The van der Waals surface area contributed by atoms with Gasteiger partial charge in [-0.05, 0) is 99.5 Å². The number of halogens is 1. The van der Waals surface area contributed by atoms with E-state index in [-0.39, 0.29) is 18.3 Å². The smallest absolute Gasteiger partial charge is 0.253 e. The molecule has 1 aromatic heterocycles. The van der Waals surface area contributed by atoms with Crippen molar-refractivity contribution >= 4 is 29.3 Å². The molecule has 1 aliphatic heterocycles. The Morgan fingerprint density at radius 1 is 0.927 bits per heavy atom. The van der Waals surface area contributed by atoms with E-state index in [9.17, 15) is 4.79 Å². The van der Waals surface area contributed by atoms with Crippen LogP contribution in [0.4, 0.5) is 0 Å². The summed E-state index contributed by atoms with van der Waals surface area (Å²) in [6.45, 7) is 15.0. The number of carbonyl (C=O) groups excluding carboxylic acids is 1. The molecule has 7 heteroatoms. The molecule has 0 N–H and O–H groups in total. The van der Waals surface area contributed by atoms with Crippen LogP contribution >= 0.6 is 12.4 Å². The van der Waals surface area contributed by atoms with Gasteiger partial charge in [0, 0.05) is 31.6 Å². The molecule has 4 rings (SSSR count). The number of nitrogens with zero attached hydrogens (tertiary/aromatic N) is 4. The minimum atomic E-state index is 0. The lowest BCUT2D eigenvalue weighted by Gasteiger charge is -2.26. The first-order chi connectivity index (χ1) is 19.3. The van der Waals surface area contributed by atoms with Gasteiger partial charge in [0.25, 0.3) is 5.91 Å². The van der Waals surface area contributed by atoms with E-state index in [1.165, 1.54) is 37.9 Å². The minimum Gasteiger partial charge on any atom is -0.497 e. The van der Waals surface area contributed by atoms with Gasteiger partial charge in [0.1, 0.15) is 11.6 Å². The van der Waals surface area contributed by atoms with Crippen LogP contribution in [0.2, 0.25) is 0 Å². The summed E-state index contributed by atoms with van der Waals surface area (Å²) in [5.74, 6) is 3.19. The fourth-order valence-electron chi connectivity index (χ4n) is 5.58. The molecule has 2 aromatic carbocycles. The van der Waals surface area contributed by atoms with Crippen molar-refractivity contribution in [3.05, 3.63) is 59.4 Å². The number of rotatable bonds is 14. The lowest BCUT2D eigenvalue weighted by Crippen LogP contribution is -2.34. The van der Waals surface area contributed by atoms with E-state index in [1.807, 2.05) is 24.3 Å². The van der Waals surface area contributed by atoms with Crippen molar-refractivity contribution < 1.29 is 9.53 Å². The predicted octanol–water partition coefficient (Wildman–Crippen LogP) is 7.47. The molecule has 0 saturated carbocycles. The number of ether oxygens (including phenoxy) is 1. The molecular formula is C34H51ClN4O2. The van der Waals surface area contributed by atoms with Crippen LogP contribution in [0.25, 0.3) is 11.0 Å². The molecule has 0 unspecified atom stereocenters. The second kappa shape index (κ2) is 16.2. The van der Waals surface area contributed by atoms with Gasteiger partial charge in [-0.15, -0.1) is 12.4 Å². The highest BCUT2D eigenvalue weighted by Gasteiger charge is 2.20. The summed E-state index contributed by atoms with van der Waals surface area (Å²) in [4.78, 5) is 23.5. The van der Waals surface area contributed by atoms with Gasteiger partial charge in [0.2, 0.25) is 0 Å². The Labute approximate surface area is 253 Å². The average molecular weight is 583 g/mol. The molecule has 1 fully saturated rings. The van der Waals surface area contributed by atoms with Gasteiger partial charge >= 0.3 is 0 Å². The van der Waals surface area contributed by atoms with Crippen LogP contribution < -0.4 is 4.74 Å². The van der Waals surface area contributed by atoms with Crippen LogP contribution in [-0.4, -0.2) is 65.1 Å². The third-order valence-corrected chi connectivity index (χ3v) is 8.14. The number of hydrogen-bond donors (Lipinski definition) is 0. The molecule has 3 aromatic rings. The van der Waals surface area contributed by atoms with E-state index in [4.69, 9.17) is 9.72 Å². The largest absolute Gasteiger partial charge is 0.497 e. The van der Waals surface area contributed by atoms with Crippen molar-refractivity contribution in [3.63, 3.8) is 0 Å². The van der Waals surface area contributed by atoms with Crippen LogP contribution in [0.5, 0.6) is 5.75 Å². The Kier molecular flexibility index (Phi) is 13.0. The molecule has 0 radical (unpaired) electrons. The van der Waals surface area contributed by atoms with Crippen molar-refractivity contribution in [2.24, 2.45) is 11.8 Å². The third-order valence-electron chi connectivity index (χ3n) is 8.14. The van der Waals surface area contributed by atoms with Gasteiger partial charge in [-0.1, -0.05) is 46.2 Å². The molecule has 0 atom stereocenters. The fourth-order valence-corrected chi connectivity index (χ4v) is 5.58. The quantitative estimate of drug-likeness (QED) is 0.198. The number of aryl methyl sites for hydroxylation is 1. The molecule has 1 amide bonds. The second-order valence-electron chi connectivity index (χ2n) is 12.3. The molecule has 1 saturated heterocycles. The molecule has 0 spiro atoms. The number of likely N-dealkylation sites (tertiary alicyclic amines) is 1. The number of aromatic nitrogens is 2. The lowest BCUT2D eigenvalue weighted by atomic mass is 10.1. The minimum absolute atomic E-state index is 0. The summed E-state index contributed by atoms with van der Waals surface area (Å²) in [5.41, 5.74) is 4.01. The van der Waals surface area contributed by atoms with Gasteiger partial charge in [-0.2, -0.15) is 0 Å². The van der Waals surface area contributed by atoms with E-state index in [1.54, 1.807) is 7.11 Å². The van der Waals surface area contributed by atoms with Crippen molar-refractivity contribution in [2.75, 3.05) is 39.8 Å². The molecule has 41 heavy (non-hydrogen) atoms. The normalized spacial score (nSPS) is 14.0. The Balaban J connectivity index is 0.00000462.